The smallest absolute Gasteiger partial charge is 0.188 e. The van der Waals surface area contributed by atoms with E-state index in [1.54, 1.807) is 21.3 Å². The lowest BCUT2D eigenvalue weighted by Gasteiger charge is -2.36. The third kappa shape index (κ3) is 5.53. The largest absolute Gasteiger partial charge is 0.497 e. The van der Waals surface area contributed by atoms with Crippen molar-refractivity contribution < 1.29 is 18.9 Å². The van der Waals surface area contributed by atoms with Crippen molar-refractivity contribution in [2.24, 2.45) is 4.99 Å². The van der Waals surface area contributed by atoms with Gasteiger partial charge in [0.25, 0.3) is 0 Å². The summed E-state index contributed by atoms with van der Waals surface area (Å²) in [6.07, 6.45) is 4.95. The second kappa shape index (κ2) is 11.9. The minimum Gasteiger partial charge on any atom is -0.497 e. The Bertz CT molecular complexity index is 840. The van der Waals surface area contributed by atoms with Crippen molar-refractivity contribution >= 4 is 20.1 Å². The van der Waals surface area contributed by atoms with Gasteiger partial charge < -0.3 is 18.9 Å². The van der Waals surface area contributed by atoms with Crippen molar-refractivity contribution in [3.63, 3.8) is 0 Å². The van der Waals surface area contributed by atoms with E-state index in [1.165, 1.54) is 5.30 Å². The van der Waals surface area contributed by atoms with Crippen LogP contribution in [0.2, 0.25) is 0 Å². The molecule has 0 saturated carbocycles. The second-order valence-electron chi connectivity index (χ2n) is 7.04. The Labute approximate surface area is 182 Å². The quantitative estimate of drug-likeness (QED) is 0.265. The molecular formula is C24H34NO4P. The van der Waals surface area contributed by atoms with E-state index in [0.717, 1.165) is 41.9 Å². The molecule has 164 valence electrons. The topological polar surface area (TPSA) is 49.3 Å². The number of methoxy groups -OCH3 is 3. The van der Waals surface area contributed by atoms with Crippen molar-refractivity contribution in [3.8, 4) is 17.2 Å². The minimum atomic E-state index is -0.128. The summed E-state index contributed by atoms with van der Waals surface area (Å²) in [6.45, 7) is 4.62. The highest BCUT2D eigenvalue weighted by Crippen LogP contribution is 2.54. The van der Waals surface area contributed by atoms with Crippen LogP contribution in [0.3, 0.4) is 0 Å². The Morgan fingerprint density at radius 2 is 1.83 bits per heavy atom. The fourth-order valence-electron chi connectivity index (χ4n) is 3.74. The van der Waals surface area contributed by atoms with Gasteiger partial charge in [-0.15, -0.1) is 0 Å². The van der Waals surface area contributed by atoms with E-state index in [1.807, 2.05) is 19.3 Å². The maximum absolute atomic E-state index is 6.05. The van der Waals surface area contributed by atoms with Crippen molar-refractivity contribution in [1.82, 2.24) is 0 Å². The van der Waals surface area contributed by atoms with Crippen LogP contribution in [0.15, 0.2) is 41.4 Å². The standard InChI is InChI=1S/C24H34NO4P/c1-7-13-24(8-2,30-22-12-10-9-11-18(22)16-25-3)20-14-19(27-5)15-21(28-6)23(20)29-17-26-4/h9-12,14-16,30H,7-8,13,17H2,1-6H3. The summed E-state index contributed by atoms with van der Waals surface area (Å²) in [4.78, 5) is 4.25. The molecular weight excluding hydrogens is 397 g/mol. The molecule has 2 unspecified atom stereocenters. The van der Waals surface area contributed by atoms with Gasteiger partial charge >= 0.3 is 0 Å². The highest BCUT2D eigenvalue weighted by atomic mass is 31.1. The molecule has 0 bridgehead atoms. The van der Waals surface area contributed by atoms with Crippen molar-refractivity contribution in [1.29, 1.82) is 0 Å². The van der Waals surface area contributed by atoms with E-state index in [-0.39, 0.29) is 11.9 Å². The first-order valence-electron chi connectivity index (χ1n) is 10.3. The number of nitrogens with zero attached hydrogens (tertiary/aromatic N) is 1. The maximum Gasteiger partial charge on any atom is 0.188 e. The molecule has 0 aromatic heterocycles. The van der Waals surface area contributed by atoms with Gasteiger partial charge in [0.05, 0.1) is 14.2 Å². The Balaban J connectivity index is 2.71. The zero-order valence-electron chi connectivity index (χ0n) is 19.0. The van der Waals surface area contributed by atoms with Crippen LogP contribution in [0.4, 0.5) is 0 Å². The SMILES string of the molecule is CCCC(CC)(Pc1ccccc1C=NC)c1cc(OC)cc(OC)c1OCOC. The molecule has 0 aliphatic carbocycles. The number of ether oxygens (including phenoxy) is 4. The lowest BCUT2D eigenvalue weighted by Crippen LogP contribution is -2.25. The Morgan fingerprint density at radius 1 is 1.07 bits per heavy atom. The molecule has 30 heavy (non-hydrogen) atoms. The fraction of sp³-hybridized carbons (Fsp3) is 0.458. The molecule has 0 aliphatic rings. The average Bonchev–Trinajstić information content (AvgIpc) is 2.78. The molecule has 2 atom stereocenters. The molecule has 5 nitrogen and oxygen atoms in total. The van der Waals surface area contributed by atoms with Gasteiger partial charge in [-0.1, -0.05) is 53.1 Å². The molecule has 0 N–H and O–H groups in total. The van der Waals surface area contributed by atoms with Gasteiger partial charge in [-0.3, -0.25) is 4.99 Å². The number of hydrogen-bond acceptors (Lipinski definition) is 5. The average molecular weight is 432 g/mol. The van der Waals surface area contributed by atoms with Gasteiger partial charge in [-0.05, 0) is 29.8 Å². The van der Waals surface area contributed by atoms with Crippen LogP contribution in [0, 0.1) is 0 Å². The summed E-state index contributed by atoms with van der Waals surface area (Å²) in [6, 6.07) is 12.4. The summed E-state index contributed by atoms with van der Waals surface area (Å²) in [7, 11) is 7.29. The summed E-state index contributed by atoms with van der Waals surface area (Å²) in [5, 5.41) is 1.16. The number of benzene rings is 2. The van der Waals surface area contributed by atoms with Crippen LogP contribution in [0.1, 0.15) is 44.2 Å². The van der Waals surface area contributed by atoms with Gasteiger partial charge in [0, 0.05) is 37.2 Å². The number of hydrogen-bond donors (Lipinski definition) is 0. The number of rotatable bonds is 12. The second-order valence-corrected chi connectivity index (χ2v) is 8.79. The first-order valence-corrected chi connectivity index (χ1v) is 11.3. The molecule has 2 aromatic rings. The summed E-state index contributed by atoms with van der Waals surface area (Å²) < 4.78 is 22.5. The lowest BCUT2D eigenvalue weighted by atomic mass is 9.89. The molecule has 2 aromatic carbocycles. The van der Waals surface area contributed by atoms with Crippen LogP contribution in [0.5, 0.6) is 17.2 Å². The Hall–Kier alpha value is -2.10. The molecule has 2 rings (SSSR count). The van der Waals surface area contributed by atoms with E-state index in [4.69, 9.17) is 18.9 Å². The van der Waals surface area contributed by atoms with Crippen molar-refractivity contribution in [2.45, 2.75) is 38.3 Å². The minimum absolute atomic E-state index is 0.128. The Kier molecular flexibility index (Phi) is 9.61. The normalized spacial score (nSPS) is 13.7. The lowest BCUT2D eigenvalue weighted by molar-refractivity contribution is 0.0478. The van der Waals surface area contributed by atoms with Gasteiger partial charge in [0.1, 0.15) is 5.75 Å². The summed E-state index contributed by atoms with van der Waals surface area (Å²) in [5.41, 5.74) is 2.25. The summed E-state index contributed by atoms with van der Waals surface area (Å²) >= 11 is 0. The zero-order valence-corrected chi connectivity index (χ0v) is 20.0. The van der Waals surface area contributed by atoms with E-state index in [0.29, 0.717) is 14.3 Å². The molecule has 0 fully saturated rings. The maximum atomic E-state index is 6.05. The van der Waals surface area contributed by atoms with E-state index in [2.05, 4.69) is 49.2 Å². The fourth-order valence-corrected chi connectivity index (χ4v) is 5.60. The van der Waals surface area contributed by atoms with Crippen molar-refractivity contribution in [2.75, 3.05) is 35.2 Å². The van der Waals surface area contributed by atoms with Crippen molar-refractivity contribution in [3.05, 3.63) is 47.5 Å². The van der Waals surface area contributed by atoms with Gasteiger partial charge in [-0.25, -0.2) is 0 Å². The zero-order chi connectivity index (χ0) is 22.0. The first-order chi connectivity index (χ1) is 14.6. The van der Waals surface area contributed by atoms with Crippen LogP contribution in [-0.4, -0.2) is 41.4 Å². The predicted octanol–water partition coefficient (Wildman–Crippen LogP) is 5.14. The first kappa shape index (κ1) is 24.2. The van der Waals surface area contributed by atoms with Crippen LogP contribution in [-0.2, 0) is 9.89 Å². The molecule has 0 spiro atoms. The van der Waals surface area contributed by atoms with Crippen LogP contribution >= 0.6 is 8.58 Å². The van der Waals surface area contributed by atoms with E-state index in [9.17, 15) is 0 Å². The third-order valence-electron chi connectivity index (χ3n) is 5.20. The van der Waals surface area contributed by atoms with E-state index < -0.39 is 0 Å². The van der Waals surface area contributed by atoms with Gasteiger partial charge in [-0.2, -0.15) is 0 Å². The molecule has 6 heteroatoms. The monoisotopic (exact) mass is 431 g/mol. The predicted molar refractivity (Wildman–Crippen MR) is 127 cm³/mol. The van der Waals surface area contributed by atoms with Crippen LogP contribution < -0.4 is 19.5 Å². The molecule has 0 amide bonds. The third-order valence-corrected chi connectivity index (χ3v) is 7.28. The molecule has 0 saturated heterocycles. The highest BCUT2D eigenvalue weighted by molar-refractivity contribution is 7.48. The molecule has 0 aliphatic heterocycles. The number of aliphatic imine (C=N–C) groups is 1. The summed E-state index contributed by atoms with van der Waals surface area (Å²) in [5.74, 6) is 2.14. The molecule has 0 radical (unpaired) electrons. The highest BCUT2D eigenvalue weighted by Gasteiger charge is 2.35. The van der Waals surface area contributed by atoms with Crippen LogP contribution in [0.25, 0.3) is 0 Å². The van der Waals surface area contributed by atoms with E-state index >= 15 is 0 Å². The van der Waals surface area contributed by atoms with Gasteiger partial charge in [0.15, 0.2) is 18.3 Å². The van der Waals surface area contributed by atoms with Gasteiger partial charge in [0.2, 0.25) is 0 Å². The molecule has 0 heterocycles. The Morgan fingerprint density at radius 3 is 2.43 bits per heavy atom.